The first kappa shape index (κ1) is 34.6. The summed E-state index contributed by atoms with van der Waals surface area (Å²) in [6.45, 7) is 5.76. The molecule has 1 saturated heterocycles. The third-order valence-electron chi connectivity index (χ3n) is 7.51. The lowest BCUT2D eigenvalue weighted by Gasteiger charge is -2.29. The molecule has 1 aliphatic rings. The number of rotatable bonds is 10. The lowest BCUT2D eigenvalue weighted by atomic mass is 10.0. The van der Waals surface area contributed by atoms with Crippen molar-refractivity contribution < 1.29 is 28.2 Å². The van der Waals surface area contributed by atoms with E-state index in [1.807, 2.05) is 0 Å². The number of amides is 2. The van der Waals surface area contributed by atoms with E-state index in [2.05, 4.69) is 15.6 Å². The molecule has 0 radical (unpaired) electrons. The van der Waals surface area contributed by atoms with Gasteiger partial charge in [0, 0.05) is 41.9 Å². The maximum Gasteiger partial charge on any atom is 0.410 e. The van der Waals surface area contributed by atoms with E-state index in [1.165, 1.54) is 30.3 Å². The summed E-state index contributed by atoms with van der Waals surface area (Å²) in [6.07, 6.45) is 2.45. The number of aromatic nitrogens is 2. The number of aldehydes is 1. The summed E-state index contributed by atoms with van der Waals surface area (Å²) in [5.74, 6) is -0.477. The van der Waals surface area contributed by atoms with Gasteiger partial charge in [-0.25, -0.2) is 14.2 Å². The largest absolute Gasteiger partial charge is 0.481 e. The van der Waals surface area contributed by atoms with Crippen LogP contribution in [0.3, 0.4) is 0 Å². The molecule has 5 rings (SSSR count). The Hall–Kier alpha value is -4.74. The second-order valence-corrected chi connectivity index (χ2v) is 12.9. The van der Waals surface area contributed by atoms with E-state index < -0.39 is 17.5 Å². The van der Waals surface area contributed by atoms with Crippen molar-refractivity contribution in [3.63, 3.8) is 0 Å². The molecule has 1 fully saturated rings. The number of nitrogens with zero attached hydrogens (tertiary/aromatic N) is 3. The molecule has 250 valence electrons. The standard InChI is InChI=1S/C35H34Cl2FN5O5/c1-35(2,3)48-34(46)43(18-22-12-14-28(45)40-22)17-20-11-13-25(42-33(20)47-4)23-8-6-9-24(29(23)36)32-30(37)26(15-16-39-32)41-27-10-5-7-21(19-44)31(27)38/h5-11,13,15-16,19,22H,12,14,17-18H2,1-4H3,(H,39,41)(H,40,45)/t22-/m0/s1. The number of methoxy groups -OCH3 is 1. The first-order valence-corrected chi connectivity index (χ1v) is 15.9. The number of nitrogens with one attached hydrogen (secondary N) is 2. The number of ether oxygens (including phenoxy) is 2. The summed E-state index contributed by atoms with van der Waals surface area (Å²) in [5.41, 5.74) is 2.17. The maximum atomic E-state index is 14.8. The van der Waals surface area contributed by atoms with Crippen molar-refractivity contribution in [2.24, 2.45) is 0 Å². The molecule has 10 nitrogen and oxygen atoms in total. The molecule has 0 aliphatic carbocycles. The molecule has 0 saturated carbocycles. The number of halogens is 3. The van der Waals surface area contributed by atoms with Gasteiger partial charge in [0.2, 0.25) is 11.8 Å². The minimum absolute atomic E-state index is 0.0513. The number of pyridine rings is 2. The van der Waals surface area contributed by atoms with Gasteiger partial charge in [0.05, 0.1) is 52.0 Å². The average molecular weight is 695 g/mol. The maximum absolute atomic E-state index is 14.8. The minimum atomic E-state index is -0.715. The smallest absolute Gasteiger partial charge is 0.410 e. The molecule has 13 heteroatoms. The van der Waals surface area contributed by atoms with E-state index in [0.717, 1.165) is 0 Å². The molecule has 1 atom stereocenters. The molecule has 2 N–H and O–H groups in total. The monoisotopic (exact) mass is 693 g/mol. The van der Waals surface area contributed by atoms with Gasteiger partial charge < -0.3 is 25.0 Å². The molecule has 0 unspecified atom stereocenters. The Morgan fingerprint density at radius 3 is 2.52 bits per heavy atom. The molecule has 0 spiro atoms. The predicted octanol–water partition coefficient (Wildman–Crippen LogP) is 7.84. The molecule has 0 bridgehead atoms. The van der Waals surface area contributed by atoms with Crippen LogP contribution < -0.4 is 15.4 Å². The topological polar surface area (TPSA) is 123 Å². The Morgan fingerprint density at radius 2 is 1.83 bits per heavy atom. The van der Waals surface area contributed by atoms with E-state index >= 15 is 0 Å². The second-order valence-electron chi connectivity index (χ2n) is 12.2. The average Bonchev–Trinajstić information content (AvgIpc) is 3.46. The Morgan fingerprint density at radius 1 is 1.08 bits per heavy atom. The highest BCUT2D eigenvalue weighted by atomic mass is 35.5. The number of hydrogen-bond acceptors (Lipinski definition) is 8. The predicted molar refractivity (Wildman–Crippen MR) is 182 cm³/mol. The number of benzene rings is 2. The van der Waals surface area contributed by atoms with Crippen molar-refractivity contribution in [3.8, 4) is 28.4 Å². The number of hydrogen-bond donors (Lipinski definition) is 2. The zero-order valence-corrected chi connectivity index (χ0v) is 28.3. The summed E-state index contributed by atoms with van der Waals surface area (Å²) >= 11 is 13.7. The normalized spacial score (nSPS) is 14.3. The summed E-state index contributed by atoms with van der Waals surface area (Å²) < 4.78 is 26.1. The van der Waals surface area contributed by atoms with E-state index in [9.17, 15) is 18.8 Å². The van der Waals surface area contributed by atoms with Crippen molar-refractivity contribution in [3.05, 3.63) is 87.8 Å². The van der Waals surface area contributed by atoms with Crippen molar-refractivity contribution in [1.82, 2.24) is 20.2 Å². The fraction of sp³-hybridized carbons (Fsp3) is 0.286. The van der Waals surface area contributed by atoms with Gasteiger partial charge in [-0.3, -0.25) is 14.6 Å². The quantitative estimate of drug-likeness (QED) is 0.161. The van der Waals surface area contributed by atoms with Crippen LogP contribution >= 0.6 is 23.2 Å². The van der Waals surface area contributed by atoms with Crippen LogP contribution in [0, 0.1) is 5.82 Å². The Kier molecular flexibility index (Phi) is 10.5. The third kappa shape index (κ3) is 7.86. The van der Waals surface area contributed by atoms with Crippen molar-refractivity contribution in [1.29, 1.82) is 0 Å². The lowest BCUT2D eigenvalue weighted by Crippen LogP contribution is -2.43. The second kappa shape index (κ2) is 14.6. The highest BCUT2D eigenvalue weighted by Gasteiger charge is 2.29. The Balaban J connectivity index is 1.44. The first-order valence-electron chi connectivity index (χ1n) is 15.1. The van der Waals surface area contributed by atoms with Gasteiger partial charge in [0.1, 0.15) is 5.60 Å². The molecule has 2 aromatic carbocycles. The van der Waals surface area contributed by atoms with Crippen LogP contribution in [0.2, 0.25) is 10.0 Å². The third-order valence-corrected chi connectivity index (χ3v) is 8.30. The van der Waals surface area contributed by atoms with Crippen molar-refractivity contribution in [2.45, 2.75) is 51.8 Å². The fourth-order valence-electron chi connectivity index (χ4n) is 5.26. The van der Waals surface area contributed by atoms with E-state index in [4.69, 9.17) is 37.7 Å². The van der Waals surface area contributed by atoms with Gasteiger partial charge in [0.25, 0.3) is 0 Å². The molecule has 2 aromatic heterocycles. The first-order chi connectivity index (χ1) is 22.9. The SMILES string of the molecule is COc1nc(-c2cccc(-c3nccc(Nc4cccc(C=O)c4F)c3Cl)c2Cl)ccc1CN(C[C@@H]1CCC(=O)N1)C(=O)OC(C)(C)C. The summed E-state index contributed by atoms with van der Waals surface area (Å²) in [5, 5.41) is 6.34. The number of carbonyl (C=O) groups excluding carboxylic acids is 3. The fourth-order valence-corrected chi connectivity index (χ4v) is 5.83. The summed E-state index contributed by atoms with van der Waals surface area (Å²) in [4.78, 5) is 46.9. The molecule has 2 amide bonds. The Labute approximate surface area is 287 Å². The minimum Gasteiger partial charge on any atom is -0.481 e. The van der Waals surface area contributed by atoms with E-state index in [-0.39, 0.29) is 47.2 Å². The van der Waals surface area contributed by atoms with Gasteiger partial charge in [-0.1, -0.05) is 47.5 Å². The molecule has 1 aliphatic heterocycles. The van der Waals surface area contributed by atoms with Gasteiger partial charge in [-0.15, -0.1) is 0 Å². The van der Waals surface area contributed by atoms with E-state index in [0.29, 0.717) is 57.9 Å². The van der Waals surface area contributed by atoms with Crippen LogP contribution in [-0.2, 0) is 16.1 Å². The Bertz CT molecular complexity index is 1870. The van der Waals surface area contributed by atoms with Crippen LogP contribution in [0.5, 0.6) is 5.88 Å². The highest BCUT2D eigenvalue weighted by molar-refractivity contribution is 6.39. The molecule has 48 heavy (non-hydrogen) atoms. The van der Waals surface area contributed by atoms with E-state index in [1.54, 1.807) is 63.2 Å². The van der Waals surface area contributed by atoms with Gasteiger partial charge >= 0.3 is 6.09 Å². The van der Waals surface area contributed by atoms with Gasteiger partial charge in [0.15, 0.2) is 12.1 Å². The van der Waals surface area contributed by atoms with Crippen molar-refractivity contribution >= 4 is 52.9 Å². The van der Waals surface area contributed by atoms with Crippen LogP contribution in [0.1, 0.15) is 49.5 Å². The van der Waals surface area contributed by atoms with Gasteiger partial charge in [-0.05, 0) is 57.5 Å². The van der Waals surface area contributed by atoms with Crippen LogP contribution in [0.4, 0.5) is 20.6 Å². The van der Waals surface area contributed by atoms with Crippen LogP contribution in [-0.4, -0.2) is 58.5 Å². The molecular weight excluding hydrogens is 660 g/mol. The number of carbonyl (C=O) groups is 3. The zero-order valence-electron chi connectivity index (χ0n) is 26.8. The van der Waals surface area contributed by atoms with Crippen LogP contribution in [0.15, 0.2) is 60.8 Å². The molecular formula is C35H34Cl2FN5O5. The summed E-state index contributed by atoms with van der Waals surface area (Å²) in [6, 6.07) is 14.7. The lowest BCUT2D eigenvalue weighted by molar-refractivity contribution is -0.119. The van der Waals surface area contributed by atoms with Crippen molar-refractivity contribution in [2.75, 3.05) is 19.0 Å². The zero-order chi connectivity index (χ0) is 34.6. The highest BCUT2D eigenvalue weighted by Crippen LogP contribution is 2.41. The summed E-state index contributed by atoms with van der Waals surface area (Å²) in [7, 11) is 1.48. The van der Waals surface area contributed by atoms with Crippen LogP contribution in [0.25, 0.3) is 22.5 Å². The van der Waals surface area contributed by atoms with Gasteiger partial charge in [-0.2, -0.15) is 0 Å². The molecule has 4 aromatic rings. The number of anilines is 2. The molecule has 3 heterocycles.